The van der Waals surface area contributed by atoms with Gasteiger partial charge in [-0.1, -0.05) is 15.9 Å². The number of ether oxygens (including phenoxy) is 1. The van der Waals surface area contributed by atoms with Crippen molar-refractivity contribution in [1.29, 1.82) is 0 Å². The molecule has 2 aromatic carbocycles. The number of aromatic nitrogens is 1. The van der Waals surface area contributed by atoms with Crippen molar-refractivity contribution in [3.05, 3.63) is 63.6 Å². The summed E-state index contributed by atoms with van der Waals surface area (Å²) in [6, 6.07) is 12.2. The molecule has 0 aliphatic rings. The van der Waals surface area contributed by atoms with Gasteiger partial charge >= 0.3 is 5.97 Å². The fourth-order valence-corrected chi connectivity index (χ4v) is 4.70. The van der Waals surface area contributed by atoms with Crippen LogP contribution in [-0.2, 0) is 17.8 Å². The van der Waals surface area contributed by atoms with E-state index in [0.717, 1.165) is 26.7 Å². The van der Waals surface area contributed by atoms with Crippen molar-refractivity contribution in [2.75, 3.05) is 6.61 Å². The molecule has 4 nitrogen and oxygen atoms in total. The summed E-state index contributed by atoms with van der Waals surface area (Å²) in [5.41, 5.74) is 3.07. The Labute approximate surface area is 169 Å². The van der Waals surface area contributed by atoms with Gasteiger partial charge in [0.1, 0.15) is 5.75 Å². The fourth-order valence-electron chi connectivity index (χ4n) is 3.40. The Morgan fingerprint density at radius 2 is 2.04 bits per heavy atom. The molecule has 0 unspecified atom stereocenters. The summed E-state index contributed by atoms with van der Waals surface area (Å²) in [6.45, 7) is 3.31. The van der Waals surface area contributed by atoms with E-state index in [1.54, 1.807) is 11.3 Å². The summed E-state index contributed by atoms with van der Waals surface area (Å²) in [7, 11) is 0. The molecule has 4 rings (SSSR count). The summed E-state index contributed by atoms with van der Waals surface area (Å²) >= 11 is 5.20. The van der Waals surface area contributed by atoms with Crippen LogP contribution in [0.4, 0.5) is 0 Å². The van der Waals surface area contributed by atoms with Gasteiger partial charge in [0.25, 0.3) is 0 Å². The number of aliphatic carboxylic acids is 1. The fraction of sp³-hybridized carbons (Fsp3) is 0.190. The topological polar surface area (TPSA) is 51.5 Å². The molecule has 0 aliphatic heterocycles. The molecule has 0 aliphatic carbocycles. The van der Waals surface area contributed by atoms with Gasteiger partial charge in [-0.15, -0.1) is 11.3 Å². The number of nitrogens with zero attached hydrogens (tertiary/aromatic N) is 1. The van der Waals surface area contributed by atoms with Crippen LogP contribution in [-0.4, -0.2) is 22.2 Å². The van der Waals surface area contributed by atoms with Gasteiger partial charge in [-0.2, -0.15) is 0 Å². The van der Waals surface area contributed by atoms with Crippen LogP contribution < -0.4 is 4.74 Å². The highest BCUT2D eigenvalue weighted by Gasteiger charge is 2.14. The molecular weight excluding hydrogens is 426 g/mol. The monoisotopic (exact) mass is 443 g/mol. The number of carboxylic acids is 1. The predicted octanol–water partition coefficient (Wildman–Crippen LogP) is 5.69. The Balaban J connectivity index is 1.78. The second-order valence-electron chi connectivity index (χ2n) is 6.37. The molecular formula is C21H18BrNO3S. The maximum Gasteiger partial charge on any atom is 0.307 e. The molecule has 0 bridgehead atoms. The van der Waals surface area contributed by atoms with E-state index in [1.165, 1.54) is 15.6 Å². The molecule has 0 spiro atoms. The zero-order valence-corrected chi connectivity index (χ0v) is 17.1. The standard InChI is InChI=1S/C21H18BrNO3S/c1-2-26-16-4-6-20-18(9-16)14(12-27-20)11-23-10-13(7-21(24)25)17-8-15(22)3-5-19(17)23/h3-6,8-10,12H,2,7,11H2,1H3,(H,24,25). The summed E-state index contributed by atoms with van der Waals surface area (Å²) in [4.78, 5) is 11.3. The minimum atomic E-state index is -0.823. The molecule has 0 saturated heterocycles. The van der Waals surface area contributed by atoms with Gasteiger partial charge in [0, 0.05) is 38.2 Å². The van der Waals surface area contributed by atoms with Crippen molar-refractivity contribution in [2.45, 2.75) is 19.9 Å². The van der Waals surface area contributed by atoms with Crippen LogP contribution in [0.3, 0.4) is 0 Å². The number of hydrogen-bond acceptors (Lipinski definition) is 3. The van der Waals surface area contributed by atoms with E-state index in [1.807, 2.05) is 37.4 Å². The van der Waals surface area contributed by atoms with E-state index in [4.69, 9.17) is 4.74 Å². The zero-order chi connectivity index (χ0) is 19.0. The number of carbonyl (C=O) groups is 1. The maximum atomic E-state index is 11.3. The van der Waals surface area contributed by atoms with Crippen LogP contribution in [0, 0.1) is 0 Å². The molecule has 0 atom stereocenters. The van der Waals surface area contributed by atoms with Crippen molar-refractivity contribution in [3.63, 3.8) is 0 Å². The molecule has 4 aromatic rings. The lowest BCUT2D eigenvalue weighted by Crippen LogP contribution is -2.00. The lowest BCUT2D eigenvalue weighted by molar-refractivity contribution is -0.136. The van der Waals surface area contributed by atoms with E-state index in [2.05, 4.69) is 38.0 Å². The van der Waals surface area contributed by atoms with Crippen LogP contribution in [0.2, 0.25) is 0 Å². The van der Waals surface area contributed by atoms with Gasteiger partial charge in [-0.25, -0.2) is 0 Å². The Morgan fingerprint density at radius 3 is 2.81 bits per heavy atom. The maximum absolute atomic E-state index is 11.3. The number of carboxylic acid groups (broad SMARTS) is 1. The van der Waals surface area contributed by atoms with Gasteiger partial charge in [0.2, 0.25) is 0 Å². The van der Waals surface area contributed by atoms with Crippen molar-refractivity contribution >= 4 is 54.2 Å². The Kier molecular flexibility index (Phi) is 4.93. The third kappa shape index (κ3) is 3.59. The second kappa shape index (κ2) is 7.37. The highest BCUT2D eigenvalue weighted by Crippen LogP contribution is 2.32. The highest BCUT2D eigenvalue weighted by atomic mass is 79.9. The molecule has 27 heavy (non-hydrogen) atoms. The van der Waals surface area contributed by atoms with Crippen molar-refractivity contribution in [1.82, 2.24) is 4.57 Å². The Hall–Kier alpha value is -2.31. The summed E-state index contributed by atoms with van der Waals surface area (Å²) in [5, 5.41) is 13.6. The summed E-state index contributed by atoms with van der Waals surface area (Å²) in [6.07, 6.45) is 1.97. The lowest BCUT2D eigenvalue weighted by atomic mass is 10.1. The van der Waals surface area contributed by atoms with Crippen molar-refractivity contribution in [2.24, 2.45) is 0 Å². The van der Waals surface area contributed by atoms with Crippen LogP contribution in [0.15, 0.2) is 52.4 Å². The van der Waals surface area contributed by atoms with Crippen molar-refractivity contribution < 1.29 is 14.6 Å². The number of halogens is 1. The van der Waals surface area contributed by atoms with Gasteiger partial charge in [0.15, 0.2) is 0 Å². The van der Waals surface area contributed by atoms with Crippen LogP contribution in [0.1, 0.15) is 18.1 Å². The molecule has 6 heteroatoms. The number of fused-ring (bicyclic) bond motifs is 2. The van der Waals surface area contributed by atoms with Gasteiger partial charge in [0.05, 0.1) is 13.0 Å². The average Bonchev–Trinajstić information content (AvgIpc) is 3.17. The Morgan fingerprint density at radius 1 is 1.19 bits per heavy atom. The molecule has 0 amide bonds. The zero-order valence-electron chi connectivity index (χ0n) is 14.7. The normalized spacial score (nSPS) is 11.3. The number of rotatable bonds is 6. The first-order valence-electron chi connectivity index (χ1n) is 8.67. The van der Waals surface area contributed by atoms with Crippen molar-refractivity contribution in [3.8, 4) is 5.75 Å². The number of hydrogen-bond donors (Lipinski definition) is 1. The van der Waals surface area contributed by atoms with Crippen LogP contribution in [0.5, 0.6) is 5.75 Å². The number of thiophene rings is 1. The largest absolute Gasteiger partial charge is 0.494 e. The first-order chi connectivity index (χ1) is 13.0. The van der Waals surface area contributed by atoms with E-state index in [0.29, 0.717) is 13.2 Å². The van der Waals surface area contributed by atoms with Gasteiger partial charge in [-0.05, 0) is 59.8 Å². The van der Waals surface area contributed by atoms with Gasteiger partial charge < -0.3 is 14.4 Å². The smallest absolute Gasteiger partial charge is 0.307 e. The molecule has 2 heterocycles. The SMILES string of the molecule is CCOc1ccc2scc(Cn3cc(CC(=O)O)c4cc(Br)ccc43)c2c1. The summed E-state index contributed by atoms with van der Waals surface area (Å²) in [5.74, 6) is 0.0499. The highest BCUT2D eigenvalue weighted by molar-refractivity contribution is 9.10. The minimum absolute atomic E-state index is 0.0127. The molecule has 2 aromatic heterocycles. The first kappa shape index (κ1) is 18.1. The van der Waals surface area contributed by atoms with Crippen LogP contribution in [0.25, 0.3) is 21.0 Å². The molecule has 0 radical (unpaired) electrons. The third-order valence-corrected chi connectivity index (χ3v) is 6.05. The quantitative estimate of drug-likeness (QED) is 0.416. The van der Waals surface area contributed by atoms with Crippen LogP contribution >= 0.6 is 27.3 Å². The average molecular weight is 444 g/mol. The molecule has 138 valence electrons. The summed E-state index contributed by atoms with van der Waals surface area (Å²) < 4.78 is 9.95. The second-order valence-corrected chi connectivity index (χ2v) is 8.19. The predicted molar refractivity (Wildman–Crippen MR) is 113 cm³/mol. The molecule has 1 N–H and O–H groups in total. The number of benzene rings is 2. The molecule has 0 saturated carbocycles. The van der Waals surface area contributed by atoms with E-state index < -0.39 is 5.97 Å². The molecule has 0 fully saturated rings. The van der Waals surface area contributed by atoms with Gasteiger partial charge in [-0.3, -0.25) is 4.79 Å². The first-order valence-corrected chi connectivity index (χ1v) is 10.3. The third-order valence-electron chi connectivity index (χ3n) is 4.54. The lowest BCUT2D eigenvalue weighted by Gasteiger charge is -2.07. The minimum Gasteiger partial charge on any atom is -0.494 e. The Bertz CT molecular complexity index is 1150. The van der Waals surface area contributed by atoms with E-state index in [-0.39, 0.29) is 6.42 Å². The van der Waals surface area contributed by atoms with E-state index in [9.17, 15) is 9.90 Å². The van der Waals surface area contributed by atoms with E-state index >= 15 is 0 Å².